The number of nitrogens with zero attached hydrogens (tertiary/aromatic N) is 1. The van der Waals surface area contributed by atoms with Crippen LogP contribution in [0.25, 0.3) is 0 Å². The third-order valence-corrected chi connectivity index (χ3v) is 3.26. The second-order valence-electron chi connectivity index (χ2n) is 4.61. The van der Waals surface area contributed by atoms with Crippen molar-refractivity contribution in [2.75, 3.05) is 26.9 Å². The molecule has 0 bridgehead atoms. The standard InChI is InChI=1S/C11H20N2O3/c1-16-7-9(6-14)13-5-4-10(11(13)15)12-8-2-3-8/h8-10,12,14H,2-7H2,1H3. The minimum atomic E-state index is -0.191. The molecule has 1 saturated carbocycles. The van der Waals surface area contributed by atoms with E-state index in [1.165, 1.54) is 12.8 Å². The first kappa shape index (κ1) is 11.8. The molecule has 2 aliphatic rings. The van der Waals surface area contributed by atoms with Crippen LogP contribution in [0.15, 0.2) is 0 Å². The van der Waals surface area contributed by atoms with E-state index in [0.717, 1.165) is 13.0 Å². The molecule has 5 nitrogen and oxygen atoms in total. The molecule has 0 spiro atoms. The lowest BCUT2D eigenvalue weighted by Crippen LogP contribution is -2.46. The van der Waals surface area contributed by atoms with E-state index < -0.39 is 0 Å². The van der Waals surface area contributed by atoms with E-state index in [2.05, 4.69) is 5.32 Å². The lowest BCUT2D eigenvalue weighted by molar-refractivity contribution is -0.133. The third kappa shape index (κ3) is 2.53. The van der Waals surface area contributed by atoms with Gasteiger partial charge in [-0.05, 0) is 19.3 Å². The zero-order chi connectivity index (χ0) is 11.5. The molecule has 16 heavy (non-hydrogen) atoms. The fourth-order valence-corrected chi connectivity index (χ4v) is 2.19. The predicted molar refractivity (Wildman–Crippen MR) is 59.0 cm³/mol. The number of aliphatic hydroxyl groups is 1. The molecule has 1 saturated heterocycles. The summed E-state index contributed by atoms with van der Waals surface area (Å²) in [6.45, 7) is 1.09. The van der Waals surface area contributed by atoms with Gasteiger partial charge < -0.3 is 20.1 Å². The number of rotatable bonds is 6. The molecule has 2 N–H and O–H groups in total. The molecule has 2 rings (SSSR count). The first-order valence-corrected chi connectivity index (χ1v) is 5.92. The maximum absolute atomic E-state index is 12.0. The number of nitrogens with one attached hydrogen (secondary N) is 1. The molecule has 1 aliphatic carbocycles. The fraction of sp³-hybridized carbons (Fsp3) is 0.909. The van der Waals surface area contributed by atoms with Gasteiger partial charge in [0.1, 0.15) is 0 Å². The highest BCUT2D eigenvalue weighted by molar-refractivity contribution is 5.84. The molecular formula is C11H20N2O3. The van der Waals surface area contributed by atoms with Crippen molar-refractivity contribution in [1.82, 2.24) is 10.2 Å². The molecule has 1 heterocycles. The molecule has 2 unspecified atom stereocenters. The first-order chi connectivity index (χ1) is 7.76. The maximum Gasteiger partial charge on any atom is 0.240 e. The molecule has 0 aromatic rings. The van der Waals surface area contributed by atoms with Gasteiger partial charge in [0.05, 0.1) is 25.3 Å². The Morgan fingerprint density at radius 1 is 1.56 bits per heavy atom. The van der Waals surface area contributed by atoms with Crippen LogP contribution in [-0.4, -0.2) is 60.9 Å². The number of hydrogen-bond donors (Lipinski definition) is 2. The number of hydrogen-bond acceptors (Lipinski definition) is 4. The summed E-state index contributed by atoms with van der Waals surface area (Å²) in [5.41, 5.74) is 0. The summed E-state index contributed by atoms with van der Waals surface area (Å²) in [6, 6.07) is 0.311. The maximum atomic E-state index is 12.0. The van der Waals surface area contributed by atoms with Gasteiger partial charge in [-0.3, -0.25) is 4.79 Å². The Morgan fingerprint density at radius 2 is 2.31 bits per heavy atom. The van der Waals surface area contributed by atoms with Gasteiger partial charge in [-0.1, -0.05) is 0 Å². The van der Waals surface area contributed by atoms with Gasteiger partial charge in [0, 0.05) is 19.7 Å². The predicted octanol–water partition coefficient (Wildman–Crippen LogP) is -0.653. The lowest BCUT2D eigenvalue weighted by Gasteiger charge is -2.25. The smallest absolute Gasteiger partial charge is 0.240 e. The largest absolute Gasteiger partial charge is 0.394 e. The zero-order valence-electron chi connectivity index (χ0n) is 9.69. The Morgan fingerprint density at radius 3 is 2.88 bits per heavy atom. The Hall–Kier alpha value is -0.650. The molecule has 2 fully saturated rings. The minimum Gasteiger partial charge on any atom is -0.394 e. The van der Waals surface area contributed by atoms with Gasteiger partial charge in [-0.15, -0.1) is 0 Å². The normalized spacial score (nSPS) is 27.5. The van der Waals surface area contributed by atoms with E-state index in [-0.39, 0.29) is 24.6 Å². The minimum absolute atomic E-state index is 0.0320. The van der Waals surface area contributed by atoms with E-state index in [0.29, 0.717) is 12.6 Å². The van der Waals surface area contributed by atoms with E-state index in [1.807, 2.05) is 0 Å². The topological polar surface area (TPSA) is 61.8 Å². The van der Waals surface area contributed by atoms with Gasteiger partial charge in [0.25, 0.3) is 0 Å². The summed E-state index contributed by atoms with van der Waals surface area (Å²) < 4.78 is 5.01. The molecule has 92 valence electrons. The van der Waals surface area contributed by atoms with Crippen molar-refractivity contribution in [3.05, 3.63) is 0 Å². The number of likely N-dealkylation sites (tertiary alicyclic amines) is 1. The van der Waals surface area contributed by atoms with Crippen molar-refractivity contribution < 1.29 is 14.6 Å². The second kappa shape index (κ2) is 5.12. The van der Waals surface area contributed by atoms with Crippen LogP contribution < -0.4 is 5.32 Å². The molecule has 0 aromatic heterocycles. The van der Waals surface area contributed by atoms with Crippen molar-refractivity contribution in [3.63, 3.8) is 0 Å². The number of carbonyl (C=O) groups excluding carboxylic acids is 1. The van der Waals surface area contributed by atoms with Crippen molar-refractivity contribution in [2.24, 2.45) is 0 Å². The summed E-state index contributed by atoms with van der Waals surface area (Å²) in [5, 5.41) is 12.6. The average Bonchev–Trinajstić information content (AvgIpc) is 3.03. The Bertz CT molecular complexity index is 256. The summed E-state index contributed by atoms with van der Waals surface area (Å²) >= 11 is 0. The monoisotopic (exact) mass is 228 g/mol. The number of carbonyl (C=O) groups is 1. The van der Waals surface area contributed by atoms with Crippen LogP contribution in [0.3, 0.4) is 0 Å². The number of aliphatic hydroxyl groups excluding tert-OH is 1. The fourth-order valence-electron chi connectivity index (χ4n) is 2.19. The van der Waals surface area contributed by atoms with Crippen LogP contribution in [0.2, 0.25) is 0 Å². The highest BCUT2D eigenvalue weighted by Crippen LogP contribution is 2.23. The van der Waals surface area contributed by atoms with Crippen molar-refractivity contribution in [2.45, 2.75) is 37.4 Å². The number of methoxy groups -OCH3 is 1. The average molecular weight is 228 g/mol. The second-order valence-corrected chi connectivity index (χ2v) is 4.61. The van der Waals surface area contributed by atoms with Gasteiger partial charge in [-0.25, -0.2) is 0 Å². The van der Waals surface area contributed by atoms with Crippen molar-refractivity contribution >= 4 is 5.91 Å². The Balaban J connectivity index is 1.88. The van der Waals surface area contributed by atoms with E-state index in [9.17, 15) is 9.90 Å². The van der Waals surface area contributed by atoms with Crippen molar-refractivity contribution in [1.29, 1.82) is 0 Å². The Kier molecular flexibility index (Phi) is 3.78. The van der Waals surface area contributed by atoms with E-state index in [4.69, 9.17) is 4.74 Å². The van der Waals surface area contributed by atoms with E-state index in [1.54, 1.807) is 12.0 Å². The SMILES string of the molecule is COCC(CO)N1CCC(NC2CC2)C1=O. The van der Waals surface area contributed by atoms with Gasteiger partial charge in [-0.2, -0.15) is 0 Å². The van der Waals surface area contributed by atoms with E-state index >= 15 is 0 Å². The lowest BCUT2D eigenvalue weighted by atomic mass is 10.2. The van der Waals surface area contributed by atoms with Crippen molar-refractivity contribution in [3.8, 4) is 0 Å². The van der Waals surface area contributed by atoms with Gasteiger partial charge in [0.15, 0.2) is 0 Å². The quantitative estimate of drug-likeness (QED) is 0.634. The molecule has 2 atom stereocenters. The summed E-state index contributed by atoms with van der Waals surface area (Å²) in [4.78, 5) is 13.8. The highest BCUT2D eigenvalue weighted by Gasteiger charge is 2.38. The molecule has 1 amide bonds. The summed E-state index contributed by atoms with van der Waals surface area (Å²) in [7, 11) is 1.59. The van der Waals surface area contributed by atoms with Crippen LogP contribution in [0.4, 0.5) is 0 Å². The first-order valence-electron chi connectivity index (χ1n) is 5.92. The molecule has 1 aliphatic heterocycles. The highest BCUT2D eigenvalue weighted by atomic mass is 16.5. The van der Waals surface area contributed by atoms with Crippen LogP contribution in [-0.2, 0) is 9.53 Å². The molecular weight excluding hydrogens is 208 g/mol. The number of ether oxygens (including phenoxy) is 1. The van der Waals surface area contributed by atoms with Gasteiger partial charge >= 0.3 is 0 Å². The third-order valence-electron chi connectivity index (χ3n) is 3.26. The summed E-state index contributed by atoms with van der Waals surface area (Å²) in [5.74, 6) is 0.114. The zero-order valence-corrected chi connectivity index (χ0v) is 9.69. The summed E-state index contributed by atoms with van der Waals surface area (Å²) in [6.07, 6.45) is 3.21. The Labute approximate surface area is 95.8 Å². The van der Waals surface area contributed by atoms with Crippen LogP contribution >= 0.6 is 0 Å². The molecule has 0 radical (unpaired) electrons. The molecule has 0 aromatic carbocycles. The van der Waals surface area contributed by atoms with Crippen LogP contribution in [0.5, 0.6) is 0 Å². The van der Waals surface area contributed by atoms with Crippen LogP contribution in [0, 0.1) is 0 Å². The van der Waals surface area contributed by atoms with Crippen LogP contribution in [0.1, 0.15) is 19.3 Å². The number of amides is 1. The van der Waals surface area contributed by atoms with Gasteiger partial charge in [0.2, 0.25) is 5.91 Å². The molecule has 5 heteroatoms.